The Balaban J connectivity index is 2.55. The van der Waals surface area contributed by atoms with E-state index in [0.29, 0.717) is 11.1 Å². The van der Waals surface area contributed by atoms with Crippen LogP contribution in [0.4, 0.5) is 13.2 Å². The van der Waals surface area contributed by atoms with Gasteiger partial charge in [0.1, 0.15) is 5.15 Å². The van der Waals surface area contributed by atoms with Crippen molar-refractivity contribution >= 4 is 34.2 Å². The van der Waals surface area contributed by atoms with Crippen LogP contribution in [0.25, 0.3) is 11.1 Å². The van der Waals surface area contributed by atoms with Crippen LogP contribution < -0.4 is 0 Å². The average Bonchev–Trinajstić information content (AvgIpc) is 2.31. The molecule has 1 aromatic carbocycles. The zero-order valence-electron chi connectivity index (χ0n) is 8.80. The standard InChI is InChI=1S/C12H6ClF3IN/c13-11-10(5-9(17)6-18-11)7-2-1-3-8(4-7)12(14,15)16/h1-6H. The van der Waals surface area contributed by atoms with Gasteiger partial charge in [0.2, 0.25) is 0 Å². The van der Waals surface area contributed by atoms with Crippen LogP contribution in [-0.2, 0) is 6.18 Å². The van der Waals surface area contributed by atoms with Gasteiger partial charge in [0, 0.05) is 15.3 Å². The van der Waals surface area contributed by atoms with Gasteiger partial charge >= 0.3 is 6.18 Å². The first-order chi connectivity index (χ1) is 8.38. The highest BCUT2D eigenvalue weighted by molar-refractivity contribution is 14.1. The fraction of sp³-hybridized carbons (Fsp3) is 0.0833. The Morgan fingerprint density at radius 3 is 2.56 bits per heavy atom. The van der Waals surface area contributed by atoms with Crippen LogP contribution in [-0.4, -0.2) is 4.98 Å². The van der Waals surface area contributed by atoms with Crippen molar-refractivity contribution in [3.8, 4) is 11.1 Å². The van der Waals surface area contributed by atoms with Crippen molar-refractivity contribution < 1.29 is 13.2 Å². The van der Waals surface area contributed by atoms with E-state index in [1.807, 2.05) is 22.6 Å². The highest BCUT2D eigenvalue weighted by Crippen LogP contribution is 2.34. The van der Waals surface area contributed by atoms with Gasteiger partial charge in [0.15, 0.2) is 0 Å². The van der Waals surface area contributed by atoms with Gasteiger partial charge in [-0.05, 0) is 46.4 Å². The summed E-state index contributed by atoms with van der Waals surface area (Å²) < 4.78 is 38.6. The van der Waals surface area contributed by atoms with Crippen LogP contribution in [0, 0.1) is 3.57 Å². The van der Waals surface area contributed by atoms with E-state index in [-0.39, 0.29) is 5.15 Å². The summed E-state index contributed by atoms with van der Waals surface area (Å²) >= 11 is 7.93. The topological polar surface area (TPSA) is 12.9 Å². The zero-order valence-corrected chi connectivity index (χ0v) is 11.7. The number of nitrogens with zero attached hydrogens (tertiary/aromatic N) is 1. The maximum absolute atomic E-state index is 12.6. The fourth-order valence-corrected chi connectivity index (χ4v) is 2.15. The average molecular weight is 384 g/mol. The van der Waals surface area contributed by atoms with Crippen molar-refractivity contribution in [1.82, 2.24) is 4.98 Å². The molecular formula is C12H6ClF3IN. The van der Waals surface area contributed by atoms with Crippen LogP contribution in [0.3, 0.4) is 0 Å². The van der Waals surface area contributed by atoms with E-state index in [2.05, 4.69) is 4.98 Å². The Bertz CT molecular complexity index is 584. The van der Waals surface area contributed by atoms with Crippen LogP contribution in [0.15, 0.2) is 36.5 Å². The summed E-state index contributed by atoms with van der Waals surface area (Å²) in [6.45, 7) is 0. The molecule has 0 atom stereocenters. The summed E-state index contributed by atoms with van der Waals surface area (Å²) in [5.41, 5.74) is 0.199. The second-order valence-electron chi connectivity index (χ2n) is 3.57. The first-order valence-electron chi connectivity index (χ1n) is 4.86. The third kappa shape index (κ3) is 2.95. The molecule has 0 N–H and O–H groups in total. The lowest BCUT2D eigenvalue weighted by Crippen LogP contribution is -2.04. The monoisotopic (exact) mass is 383 g/mol. The molecule has 2 aromatic rings. The van der Waals surface area contributed by atoms with Gasteiger partial charge in [-0.2, -0.15) is 13.2 Å². The fourth-order valence-electron chi connectivity index (χ4n) is 1.49. The molecule has 0 spiro atoms. The van der Waals surface area contributed by atoms with Crippen molar-refractivity contribution in [3.05, 3.63) is 50.8 Å². The quantitative estimate of drug-likeness (QED) is 0.497. The third-order valence-corrected chi connectivity index (χ3v) is 3.20. The Kier molecular flexibility index (Phi) is 3.82. The summed E-state index contributed by atoms with van der Waals surface area (Å²) in [5.74, 6) is 0. The van der Waals surface area contributed by atoms with Crippen LogP contribution in [0.1, 0.15) is 5.56 Å². The second-order valence-corrected chi connectivity index (χ2v) is 5.17. The molecule has 0 bridgehead atoms. The van der Waals surface area contributed by atoms with Gasteiger partial charge in [0.05, 0.1) is 5.56 Å². The predicted octanol–water partition coefficient (Wildman–Crippen LogP) is 5.03. The van der Waals surface area contributed by atoms with Gasteiger partial charge in [-0.25, -0.2) is 4.98 Å². The van der Waals surface area contributed by atoms with Gasteiger partial charge in [-0.15, -0.1) is 0 Å². The number of pyridine rings is 1. The number of alkyl halides is 3. The predicted molar refractivity (Wildman–Crippen MR) is 72.4 cm³/mol. The SMILES string of the molecule is FC(F)(F)c1cccc(-c2cc(I)cnc2Cl)c1. The van der Waals surface area contributed by atoms with Crippen molar-refractivity contribution in [2.24, 2.45) is 0 Å². The van der Waals surface area contributed by atoms with Crippen molar-refractivity contribution in [2.45, 2.75) is 6.18 Å². The summed E-state index contributed by atoms with van der Waals surface area (Å²) in [6, 6.07) is 6.73. The molecule has 0 saturated heterocycles. The lowest BCUT2D eigenvalue weighted by atomic mass is 10.0. The molecule has 1 nitrogen and oxygen atoms in total. The largest absolute Gasteiger partial charge is 0.416 e. The van der Waals surface area contributed by atoms with E-state index in [0.717, 1.165) is 15.7 Å². The van der Waals surface area contributed by atoms with E-state index in [9.17, 15) is 13.2 Å². The van der Waals surface area contributed by atoms with Crippen molar-refractivity contribution in [3.63, 3.8) is 0 Å². The molecule has 0 aliphatic carbocycles. The van der Waals surface area contributed by atoms with Gasteiger partial charge in [-0.1, -0.05) is 23.7 Å². The molecule has 0 aliphatic rings. The van der Waals surface area contributed by atoms with Gasteiger partial charge < -0.3 is 0 Å². The molecule has 6 heteroatoms. The number of rotatable bonds is 1. The third-order valence-electron chi connectivity index (χ3n) is 2.31. The molecule has 0 aliphatic heterocycles. The van der Waals surface area contributed by atoms with E-state index in [1.54, 1.807) is 18.3 Å². The molecule has 1 aromatic heterocycles. The Labute approximate surface area is 120 Å². The first kappa shape index (κ1) is 13.6. The molecule has 2 rings (SSSR count). The molecule has 1 heterocycles. The maximum Gasteiger partial charge on any atom is 0.416 e. The normalized spacial score (nSPS) is 11.6. The summed E-state index contributed by atoms with van der Waals surface area (Å²) in [7, 11) is 0. The maximum atomic E-state index is 12.6. The Hall–Kier alpha value is -0.820. The van der Waals surface area contributed by atoms with Crippen LogP contribution in [0.5, 0.6) is 0 Å². The first-order valence-corrected chi connectivity index (χ1v) is 6.32. The molecule has 18 heavy (non-hydrogen) atoms. The molecule has 0 unspecified atom stereocenters. The highest BCUT2D eigenvalue weighted by Gasteiger charge is 2.30. The Morgan fingerprint density at radius 1 is 1.17 bits per heavy atom. The lowest BCUT2D eigenvalue weighted by molar-refractivity contribution is -0.137. The van der Waals surface area contributed by atoms with E-state index >= 15 is 0 Å². The smallest absolute Gasteiger partial charge is 0.243 e. The molecule has 94 valence electrons. The van der Waals surface area contributed by atoms with Crippen LogP contribution in [0.2, 0.25) is 5.15 Å². The van der Waals surface area contributed by atoms with E-state index in [4.69, 9.17) is 11.6 Å². The van der Waals surface area contributed by atoms with Gasteiger partial charge in [0.25, 0.3) is 0 Å². The molecule has 0 saturated carbocycles. The summed E-state index contributed by atoms with van der Waals surface area (Å²) in [5, 5.41) is 0.190. The van der Waals surface area contributed by atoms with Crippen molar-refractivity contribution in [2.75, 3.05) is 0 Å². The van der Waals surface area contributed by atoms with E-state index < -0.39 is 11.7 Å². The number of aromatic nitrogens is 1. The minimum Gasteiger partial charge on any atom is -0.243 e. The lowest BCUT2D eigenvalue weighted by Gasteiger charge is -2.09. The van der Waals surface area contributed by atoms with E-state index in [1.165, 1.54) is 6.07 Å². The van der Waals surface area contributed by atoms with Crippen LogP contribution >= 0.6 is 34.2 Å². The Morgan fingerprint density at radius 2 is 1.89 bits per heavy atom. The van der Waals surface area contributed by atoms with Crippen molar-refractivity contribution in [1.29, 1.82) is 0 Å². The minimum atomic E-state index is -4.36. The highest BCUT2D eigenvalue weighted by atomic mass is 127. The zero-order chi connectivity index (χ0) is 13.3. The number of benzene rings is 1. The molecular weight excluding hydrogens is 377 g/mol. The van der Waals surface area contributed by atoms with Gasteiger partial charge in [-0.3, -0.25) is 0 Å². The number of halogens is 5. The summed E-state index contributed by atoms with van der Waals surface area (Å²) in [4.78, 5) is 3.92. The minimum absolute atomic E-state index is 0.190. The second kappa shape index (κ2) is 5.05. The molecule has 0 radical (unpaired) electrons. The number of hydrogen-bond acceptors (Lipinski definition) is 1. The number of hydrogen-bond donors (Lipinski definition) is 0. The molecule has 0 amide bonds. The molecule has 0 fully saturated rings. The summed E-state index contributed by atoms with van der Waals surface area (Å²) in [6.07, 6.45) is -2.81.